The molecule has 2 atom stereocenters. The topological polar surface area (TPSA) is 29.1 Å². The normalized spacial score (nSPS) is 29.5. The number of terminal acetylenes is 1. The van der Waals surface area contributed by atoms with E-state index in [1.165, 1.54) is 19.3 Å². The molecule has 2 fully saturated rings. The lowest BCUT2D eigenvalue weighted by Gasteiger charge is -2.39. The van der Waals surface area contributed by atoms with E-state index in [-0.39, 0.29) is 11.7 Å². The fourth-order valence-corrected chi connectivity index (χ4v) is 3.48. The van der Waals surface area contributed by atoms with Crippen LogP contribution in [0.2, 0.25) is 0 Å². The van der Waals surface area contributed by atoms with E-state index in [0.717, 1.165) is 24.0 Å². The summed E-state index contributed by atoms with van der Waals surface area (Å²) in [5, 5.41) is 3.63. The first-order valence-electron chi connectivity index (χ1n) is 7.13. The zero-order chi connectivity index (χ0) is 13.2. The highest BCUT2D eigenvalue weighted by molar-refractivity contribution is 5.98. The van der Waals surface area contributed by atoms with Crippen LogP contribution >= 0.6 is 0 Å². The zero-order valence-electron chi connectivity index (χ0n) is 11.1. The summed E-state index contributed by atoms with van der Waals surface area (Å²) in [6.45, 7) is 0. The van der Waals surface area contributed by atoms with Crippen molar-refractivity contribution in [2.75, 3.05) is 0 Å². The van der Waals surface area contributed by atoms with Crippen LogP contribution in [0.25, 0.3) is 0 Å². The number of benzene rings is 1. The van der Waals surface area contributed by atoms with E-state index in [1.807, 2.05) is 24.3 Å². The van der Waals surface area contributed by atoms with Crippen LogP contribution < -0.4 is 5.32 Å². The fourth-order valence-electron chi connectivity index (χ4n) is 3.48. The molecule has 1 aromatic rings. The number of ketones is 1. The molecule has 2 bridgehead atoms. The van der Waals surface area contributed by atoms with Crippen LogP contribution in [0.5, 0.6) is 0 Å². The molecule has 2 heteroatoms. The zero-order valence-corrected chi connectivity index (χ0v) is 11.1. The summed E-state index contributed by atoms with van der Waals surface area (Å²) in [7, 11) is 0. The second kappa shape index (κ2) is 5.19. The molecule has 0 aliphatic carbocycles. The Labute approximate surface area is 114 Å². The average molecular weight is 253 g/mol. The van der Waals surface area contributed by atoms with Gasteiger partial charge in [-0.1, -0.05) is 24.5 Å². The highest BCUT2D eigenvalue weighted by Crippen LogP contribution is 2.31. The Hall–Kier alpha value is -1.59. The van der Waals surface area contributed by atoms with E-state index in [4.69, 9.17) is 6.42 Å². The Balaban J connectivity index is 1.78. The van der Waals surface area contributed by atoms with E-state index in [1.54, 1.807) is 0 Å². The van der Waals surface area contributed by atoms with Crippen molar-refractivity contribution in [2.45, 2.75) is 44.2 Å². The number of carbonyl (C=O) groups is 1. The molecule has 1 N–H and O–H groups in total. The SMILES string of the molecule is C#Cc1cccc(C(=O)C2CC3CCCC(C2)N3)c1. The number of hydrogen-bond acceptors (Lipinski definition) is 2. The average Bonchev–Trinajstić information content (AvgIpc) is 2.46. The van der Waals surface area contributed by atoms with Crippen molar-refractivity contribution in [3.63, 3.8) is 0 Å². The van der Waals surface area contributed by atoms with Gasteiger partial charge in [-0.05, 0) is 37.8 Å². The summed E-state index contributed by atoms with van der Waals surface area (Å²) in [6.07, 6.45) is 11.1. The van der Waals surface area contributed by atoms with E-state index < -0.39 is 0 Å². The van der Waals surface area contributed by atoms with Gasteiger partial charge in [-0.3, -0.25) is 4.79 Å². The van der Waals surface area contributed by atoms with Crippen molar-refractivity contribution >= 4 is 5.78 Å². The van der Waals surface area contributed by atoms with Crippen molar-refractivity contribution in [2.24, 2.45) is 5.92 Å². The maximum absolute atomic E-state index is 12.6. The first kappa shape index (κ1) is 12.4. The summed E-state index contributed by atoms with van der Waals surface area (Å²) in [4.78, 5) is 12.6. The number of fused-ring (bicyclic) bond motifs is 2. The number of carbonyl (C=O) groups excluding carboxylic acids is 1. The van der Waals surface area contributed by atoms with Crippen molar-refractivity contribution in [3.05, 3.63) is 35.4 Å². The molecular weight excluding hydrogens is 234 g/mol. The third kappa shape index (κ3) is 2.57. The number of nitrogens with one attached hydrogen (secondary N) is 1. The lowest BCUT2D eigenvalue weighted by Crippen LogP contribution is -2.50. The molecule has 2 aliphatic rings. The maximum atomic E-state index is 12.6. The molecule has 2 unspecified atom stereocenters. The van der Waals surface area contributed by atoms with Gasteiger partial charge in [0.1, 0.15) is 0 Å². The molecule has 2 nitrogen and oxygen atoms in total. The van der Waals surface area contributed by atoms with Gasteiger partial charge in [-0.2, -0.15) is 0 Å². The van der Waals surface area contributed by atoms with Gasteiger partial charge in [0.2, 0.25) is 0 Å². The molecule has 19 heavy (non-hydrogen) atoms. The van der Waals surface area contributed by atoms with Crippen molar-refractivity contribution in [1.29, 1.82) is 0 Å². The molecule has 2 aliphatic heterocycles. The Kier molecular flexibility index (Phi) is 3.40. The van der Waals surface area contributed by atoms with Crippen molar-refractivity contribution in [1.82, 2.24) is 5.32 Å². The van der Waals surface area contributed by atoms with E-state index in [0.29, 0.717) is 12.1 Å². The lowest BCUT2D eigenvalue weighted by molar-refractivity contribution is 0.0825. The number of piperidine rings is 2. The van der Waals surface area contributed by atoms with E-state index >= 15 is 0 Å². The summed E-state index contributed by atoms with van der Waals surface area (Å²) < 4.78 is 0. The van der Waals surface area contributed by atoms with Gasteiger partial charge in [0.25, 0.3) is 0 Å². The van der Waals surface area contributed by atoms with Gasteiger partial charge in [0, 0.05) is 29.1 Å². The molecule has 98 valence electrons. The smallest absolute Gasteiger partial charge is 0.166 e. The third-order valence-electron chi connectivity index (χ3n) is 4.40. The van der Waals surface area contributed by atoms with Crippen LogP contribution in [0, 0.1) is 18.3 Å². The molecule has 0 aromatic heterocycles. The minimum atomic E-state index is 0.171. The molecule has 2 heterocycles. The molecular formula is C17H19NO. The standard InChI is InChI=1S/C17H19NO/c1-2-12-5-3-6-13(9-12)17(19)14-10-15-7-4-8-16(11-14)18-15/h1,3,5-6,9,14-16,18H,4,7-8,10-11H2. The van der Waals surface area contributed by atoms with Gasteiger partial charge in [-0.15, -0.1) is 6.42 Å². The van der Waals surface area contributed by atoms with Gasteiger partial charge in [-0.25, -0.2) is 0 Å². The molecule has 0 saturated carbocycles. The van der Waals surface area contributed by atoms with Gasteiger partial charge < -0.3 is 5.32 Å². The second-order valence-corrected chi connectivity index (χ2v) is 5.75. The number of rotatable bonds is 2. The highest BCUT2D eigenvalue weighted by Gasteiger charge is 2.34. The minimum Gasteiger partial charge on any atom is -0.311 e. The van der Waals surface area contributed by atoms with Crippen LogP contribution in [0.3, 0.4) is 0 Å². The first-order chi connectivity index (χ1) is 9.26. The van der Waals surface area contributed by atoms with Crippen LogP contribution in [0.15, 0.2) is 24.3 Å². The molecule has 0 radical (unpaired) electrons. The predicted molar refractivity (Wildman–Crippen MR) is 76.0 cm³/mol. The highest BCUT2D eigenvalue weighted by atomic mass is 16.1. The van der Waals surface area contributed by atoms with Crippen LogP contribution in [0.4, 0.5) is 0 Å². The molecule has 1 aromatic carbocycles. The summed E-state index contributed by atoms with van der Waals surface area (Å²) in [5.74, 6) is 3.04. The second-order valence-electron chi connectivity index (χ2n) is 5.75. The minimum absolute atomic E-state index is 0.171. The van der Waals surface area contributed by atoms with Crippen molar-refractivity contribution in [3.8, 4) is 12.3 Å². The van der Waals surface area contributed by atoms with E-state index in [9.17, 15) is 4.79 Å². The number of Topliss-reactive ketones (excluding diaryl/α,β-unsaturated/α-hetero) is 1. The van der Waals surface area contributed by atoms with Crippen LogP contribution in [-0.2, 0) is 0 Å². The van der Waals surface area contributed by atoms with Gasteiger partial charge >= 0.3 is 0 Å². The third-order valence-corrected chi connectivity index (χ3v) is 4.40. The molecule has 3 rings (SSSR count). The summed E-state index contributed by atoms with van der Waals surface area (Å²) >= 11 is 0. The summed E-state index contributed by atoms with van der Waals surface area (Å²) in [6, 6.07) is 8.56. The Morgan fingerprint density at radius 2 is 2.00 bits per heavy atom. The monoisotopic (exact) mass is 253 g/mol. The van der Waals surface area contributed by atoms with E-state index in [2.05, 4.69) is 11.2 Å². The van der Waals surface area contributed by atoms with Gasteiger partial charge in [0.05, 0.1) is 0 Å². The quantitative estimate of drug-likeness (QED) is 0.648. The fraction of sp³-hybridized carbons (Fsp3) is 0.471. The Morgan fingerprint density at radius 3 is 2.68 bits per heavy atom. The first-order valence-corrected chi connectivity index (χ1v) is 7.13. The largest absolute Gasteiger partial charge is 0.311 e. The maximum Gasteiger partial charge on any atom is 0.166 e. The predicted octanol–water partition coefficient (Wildman–Crippen LogP) is 2.77. The van der Waals surface area contributed by atoms with Gasteiger partial charge in [0.15, 0.2) is 5.78 Å². The Bertz CT molecular complexity index is 516. The Morgan fingerprint density at radius 1 is 1.26 bits per heavy atom. The summed E-state index contributed by atoms with van der Waals surface area (Å²) in [5.41, 5.74) is 1.57. The molecule has 0 spiro atoms. The lowest BCUT2D eigenvalue weighted by atomic mass is 9.77. The number of hydrogen-bond donors (Lipinski definition) is 1. The molecule has 0 amide bonds. The molecule has 2 saturated heterocycles. The van der Waals surface area contributed by atoms with Crippen LogP contribution in [0.1, 0.15) is 48.0 Å². The van der Waals surface area contributed by atoms with Crippen molar-refractivity contribution < 1.29 is 4.79 Å². The van der Waals surface area contributed by atoms with Crippen LogP contribution in [-0.4, -0.2) is 17.9 Å².